The Kier molecular flexibility index (Phi) is 6.55. The summed E-state index contributed by atoms with van der Waals surface area (Å²) in [6.07, 6.45) is 8.00. The molecule has 0 unspecified atom stereocenters. The van der Waals surface area contributed by atoms with Crippen molar-refractivity contribution in [1.82, 2.24) is 9.88 Å². The number of aromatic nitrogens is 1. The summed E-state index contributed by atoms with van der Waals surface area (Å²) >= 11 is 0. The zero-order chi connectivity index (χ0) is 22.3. The van der Waals surface area contributed by atoms with Crippen LogP contribution in [0.25, 0.3) is 6.08 Å². The highest BCUT2D eigenvalue weighted by Crippen LogP contribution is 2.25. The van der Waals surface area contributed by atoms with Crippen LogP contribution in [-0.4, -0.2) is 34.8 Å². The van der Waals surface area contributed by atoms with Crippen LogP contribution in [0.2, 0.25) is 0 Å². The summed E-state index contributed by atoms with van der Waals surface area (Å²) < 4.78 is 19.8. The van der Waals surface area contributed by atoms with Crippen molar-refractivity contribution in [2.45, 2.75) is 12.8 Å². The van der Waals surface area contributed by atoms with Crippen molar-refractivity contribution >= 4 is 23.6 Å². The van der Waals surface area contributed by atoms with Gasteiger partial charge >= 0.3 is 0 Å². The third-order valence-corrected chi connectivity index (χ3v) is 5.04. The number of rotatable bonds is 6. The number of ether oxygens (including phenoxy) is 1. The van der Waals surface area contributed by atoms with Crippen molar-refractivity contribution in [3.05, 3.63) is 90.0 Å². The molecule has 1 fully saturated rings. The average molecular weight is 431 g/mol. The van der Waals surface area contributed by atoms with E-state index in [0.29, 0.717) is 22.6 Å². The van der Waals surface area contributed by atoms with Gasteiger partial charge in [0, 0.05) is 36.6 Å². The molecule has 4 rings (SSSR count). The quantitative estimate of drug-likeness (QED) is 0.564. The number of pyridine rings is 1. The number of anilines is 1. The highest BCUT2D eigenvalue weighted by atomic mass is 19.1. The Morgan fingerprint density at radius 2 is 1.84 bits per heavy atom. The van der Waals surface area contributed by atoms with E-state index in [1.54, 1.807) is 48.7 Å². The van der Waals surface area contributed by atoms with Gasteiger partial charge in [-0.15, -0.1) is 0 Å². The third kappa shape index (κ3) is 5.37. The minimum Gasteiger partial charge on any atom is -0.453 e. The first-order chi connectivity index (χ1) is 15.6. The molecule has 2 heterocycles. The smallest absolute Gasteiger partial charge is 0.253 e. The molecular weight excluding hydrogens is 409 g/mol. The molecule has 1 aliphatic rings. The van der Waals surface area contributed by atoms with Crippen molar-refractivity contribution in [3.63, 3.8) is 0 Å². The van der Waals surface area contributed by atoms with Crippen LogP contribution in [0.1, 0.15) is 28.8 Å². The van der Waals surface area contributed by atoms with E-state index in [1.807, 2.05) is 4.90 Å². The SMILES string of the molecule is O=C(/C=C/c1ccc(Oc2cccnc2)c(F)c1)Nc1ccc(C(=O)N2CCCC2)cc1. The first-order valence-electron chi connectivity index (χ1n) is 10.3. The van der Waals surface area contributed by atoms with Crippen LogP contribution in [0.3, 0.4) is 0 Å². The van der Waals surface area contributed by atoms with E-state index < -0.39 is 5.82 Å². The molecule has 1 saturated heterocycles. The van der Waals surface area contributed by atoms with Crippen molar-refractivity contribution in [3.8, 4) is 11.5 Å². The summed E-state index contributed by atoms with van der Waals surface area (Å²) in [5.74, 6) is -0.391. The van der Waals surface area contributed by atoms with Crippen LogP contribution >= 0.6 is 0 Å². The zero-order valence-electron chi connectivity index (χ0n) is 17.3. The lowest BCUT2D eigenvalue weighted by Gasteiger charge is -2.15. The summed E-state index contributed by atoms with van der Waals surface area (Å²) in [5.41, 5.74) is 1.69. The largest absolute Gasteiger partial charge is 0.453 e. The van der Waals surface area contributed by atoms with Gasteiger partial charge in [0.25, 0.3) is 5.91 Å². The van der Waals surface area contributed by atoms with Gasteiger partial charge in [0.1, 0.15) is 5.75 Å². The van der Waals surface area contributed by atoms with Gasteiger partial charge in [-0.3, -0.25) is 14.6 Å². The number of halogens is 1. The van der Waals surface area contributed by atoms with Crippen LogP contribution < -0.4 is 10.1 Å². The number of amides is 2. The maximum atomic E-state index is 14.3. The van der Waals surface area contributed by atoms with Gasteiger partial charge in [0.05, 0.1) is 6.20 Å². The monoisotopic (exact) mass is 431 g/mol. The van der Waals surface area contributed by atoms with Gasteiger partial charge in [0.15, 0.2) is 11.6 Å². The van der Waals surface area contributed by atoms with Crippen LogP contribution in [0.5, 0.6) is 11.5 Å². The van der Waals surface area contributed by atoms with Gasteiger partial charge in [-0.05, 0) is 73.0 Å². The lowest BCUT2D eigenvalue weighted by molar-refractivity contribution is -0.111. The fraction of sp³-hybridized carbons (Fsp3) is 0.160. The number of nitrogens with zero attached hydrogens (tertiary/aromatic N) is 2. The Hall–Kier alpha value is -4.00. The Morgan fingerprint density at radius 3 is 2.53 bits per heavy atom. The first-order valence-corrected chi connectivity index (χ1v) is 10.3. The van der Waals surface area contributed by atoms with Gasteiger partial charge in [-0.1, -0.05) is 6.07 Å². The number of hydrogen-bond donors (Lipinski definition) is 1. The number of nitrogens with one attached hydrogen (secondary N) is 1. The van der Waals surface area contributed by atoms with Crippen molar-refractivity contribution < 1.29 is 18.7 Å². The molecule has 162 valence electrons. The van der Waals surface area contributed by atoms with Crippen LogP contribution in [0.15, 0.2) is 73.1 Å². The summed E-state index contributed by atoms with van der Waals surface area (Å²) in [4.78, 5) is 30.3. The van der Waals surface area contributed by atoms with Gasteiger partial charge in [-0.25, -0.2) is 4.39 Å². The Morgan fingerprint density at radius 1 is 1.06 bits per heavy atom. The maximum Gasteiger partial charge on any atom is 0.253 e. The molecule has 1 aromatic heterocycles. The van der Waals surface area contributed by atoms with Gasteiger partial charge < -0.3 is 15.0 Å². The van der Waals surface area contributed by atoms with Crippen molar-refractivity contribution in [1.29, 1.82) is 0 Å². The molecule has 0 saturated carbocycles. The van der Waals surface area contributed by atoms with Crippen molar-refractivity contribution in [2.24, 2.45) is 0 Å². The molecule has 6 nitrogen and oxygen atoms in total. The predicted octanol–water partition coefficient (Wildman–Crippen LogP) is 4.90. The van der Waals surface area contributed by atoms with E-state index in [0.717, 1.165) is 25.9 Å². The molecule has 2 amide bonds. The highest BCUT2D eigenvalue weighted by Gasteiger charge is 2.19. The second kappa shape index (κ2) is 9.87. The summed E-state index contributed by atoms with van der Waals surface area (Å²) in [7, 11) is 0. The van der Waals surface area contributed by atoms with E-state index in [4.69, 9.17) is 4.74 Å². The molecule has 32 heavy (non-hydrogen) atoms. The second-order valence-electron chi connectivity index (χ2n) is 7.38. The number of hydrogen-bond acceptors (Lipinski definition) is 4. The summed E-state index contributed by atoms with van der Waals surface area (Å²) in [5, 5.41) is 2.73. The number of benzene rings is 2. The van der Waals surface area contributed by atoms with E-state index in [1.165, 1.54) is 30.5 Å². The van der Waals surface area contributed by atoms with E-state index in [-0.39, 0.29) is 17.6 Å². The van der Waals surface area contributed by atoms with Crippen LogP contribution in [-0.2, 0) is 4.79 Å². The molecule has 0 atom stereocenters. The van der Waals surface area contributed by atoms with Gasteiger partial charge in [0.2, 0.25) is 5.91 Å². The Bertz CT molecular complexity index is 1120. The average Bonchev–Trinajstić information content (AvgIpc) is 3.35. The van der Waals surface area contributed by atoms with E-state index in [9.17, 15) is 14.0 Å². The van der Waals surface area contributed by atoms with Gasteiger partial charge in [-0.2, -0.15) is 0 Å². The topological polar surface area (TPSA) is 71.5 Å². The fourth-order valence-electron chi connectivity index (χ4n) is 3.39. The number of carbonyl (C=O) groups excluding carboxylic acids is 2. The number of carbonyl (C=O) groups is 2. The van der Waals surface area contributed by atoms with E-state index in [2.05, 4.69) is 10.3 Å². The lowest BCUT2D eigenvalue weighted by atomic mass is 10.1. The molecule has 7 heteroatoms. The molecule has 0 spiro atoms. The Labute approximate surface area is 185 Å². The highest BCUT2D eigenvalue weighted by molar-refractivity contribution is 6.02. The molecule has 0 bridgehead atoms. The summed E-state index contributed by atoms with van der Waals surface area (Å²) in [6.45, 7) is 1.58. The standard InChI is InChI=1S/C25H22FN3O3/c26-22-16-18(5-11-23(22)32-21-4-3-13-27-17-21)6-12-24(30)28-20-9-7-19(8-10-20)25(31)29-14-1-2-15-29/h3-13,16-17H,1-2,14-15H2,(H,28,30)/b12-6+. The lowest BCUT2D eigenvalue weighted by Crippen LogP contribution is -2.27. The molecule has 0 aliphatic carbocycles. The zero-order valence-corrected chi connectivity index (χ0v) is 17.3. The van der Waals surface area contributed by atoms with E-state index >= 15 is 0 Å². The van der Waals surface area contributed by atoms with Crippen molar-refractivity contribution in [2.75, 3.05) is 18.4 Å². The van der Waals surface area contributed by atoms with Crippen LogP contribution in [0.4, 0.5) is 10.1 Å². The molecular formula is C25H22FN3O3. The molecule has 1 aliphatic heterocycles. The third-order valence-electron chi connectivity index (χ3n) is 5.04. The fourth-order valence-corrected chi connectivity index (χ4v) is 3.39. The summed E-state index contributed by atoms with van der Waals surface area (Å²) in [6, 6.07) is 14.6. The first kappa shape index (κ1) is 21.2. The predicted molar refractivity (Wildman–Crippen MR) is 120 cm³/mol. The molecule has 3 aromatic rings. The minimum absolute atomic E-state index is 0.0123. The normalized spacial score (nSPS) is 13.3. The Balaban J connectivity index is 1.34. The maximum absolute atomic E-state index is 14.3. The molecule has 0 radical (unpaired) electrons. The molecule has 1 N–H and O–H groups in total. The second-order valence-corrected chi connectivity index (χ2v) is 7.38. The minimum atomic E-state index is -0.547. The number of likely N-dealkylation sites (tertiary alicyclic amines) is 1. The van der Waals surface area contributed by atoms with Crippen LogP contribution in [0, 0.1) is 5.82 Å². The molecule has 2 aromatic carbocycles.